The average Bonchev–Trinajstić information content (AvgIpc) is 3.10. The first kappa shape index (κ1) is 18.2. The van der Waals surface area contributed by atoms with Gasteiger partial charge >= 0.3 is 0 Å². The van der Waals surface area contributed by atoms with E-state index in [4.69, 9.17) is 13.9 Å². The quantitative estimate of drug-likeness (QED) is 0.625. The summed E-state index contributed by atoms with van der Waals surface area (Å²) in [5.41, 5.74) is 0.637. The Balaban J connectivity index is 1.94. The molecule has 0 unspecified atom stereocenters. The van der Waals surface area contributed by atoms with E-state index in [2.05, 4.69) is 0 Å². The maximum absolute atomic E-state index is 13.1. The van der Waals surface area contributed by atoms with E-state index in [1.807, 2.05) is 0 Å². The molecule has 2 aromatic rings. The topological polar surface area (TPSA) is 51.9 Å². The number of hydrogen-bond donors (Lipinski definition) is 0. The predicted molar refractivity (Wildman–Crippen MR) is 88.2 cm³/mol. The Morgan fingerprint density at radius 1 is 1.17 bits per heavy atom. The molecule has 130 valence electrons. The Morgan fingerprint density at radius 3 is 2.62 bits per heavy atom. The van der Waals surface area contributed by atoms with Crippen LogP contribution in [0.3, 0.4) is 0 Å². The molecule has 1 amide bonds. The van der Waals surface area contributed by atoms with E-state index in [1.54, 1.807) is 42.5 Å². The molecule has 6 heteroatoms. The van der Waals surface area contributed by atoms with E-state index in [0.717, 1.165) is 0 Å². The standard InChI is InChI=1S/C18H22FNO4/c1-22-12-13-23-10-3-5-18(21)20(14-17-4-2-11-24-17)16-8-6-15(19)7-9-16/h2,4,6-9,11H,3,5,10,12-14H2,1H3. The van der Waals surface area contributed by atoms with Gasteiger partial charge in [-0.15, -0.1) is 0 Å². The number of methoxy groups -OCH3 is 1. The summed E-state index contributed by atoms with van der Waals surface area (Å²) >= 11 is 0. The average molecular weight is 335 g/mol. The van der Waals surface area contributed by atoms with Crippen molar-refractivity contribution in [1.29, 1.82) is 0 Å². The number of ether oxygens (including phenoxy) is 2. The maximum Gasteiger partial charge on any atom is 0.227 e. The fourth-order valence-corrected chi connectivity index (χ4v) is 2.21. The van der Waals surface area contributed by atoms with Crippen LogP contribution in [-0.2, 0) is 20.8 Å². The van der Waals surface area contributed by atoms with Gasteiger partial charge in [0.25, 0.3) is 0 Å². The van der Waals surface area contributed by atoms with Gasteiger partial charge in [0.2, 0.25) is 5.91 Å². The zero-order valence-electron chi connectivity index (χ0n) is 13.7. The van der Waals surface area contributed by atoms with Crippen LogP contribution in [0.1, 0.15) is 18.6 Å². The van der Waals surface area contributed by atoms with Crippen molar-refractivity contribution in [2.24, 2.45) is 0 Å². The van der Waals surface area contributed by atoms with Crippen LogP contribution in [-0.4, -0.2) is 32.8 Å². The molecule has 24 heavy (non-hydrogen) atoms. The molecule has 0 aliphatic rings. The van der Waals surface area contributed by atoms with Crippen molar-refractivity contribution in [3.05, 3.63) is 54.2 Å². The van der Waals surface area contributed by atoms with Gasteiger partial charge in [0, 0.05) is 25.8 Å². The van der Waals surface area contributed by atoms with E-state index >= 15 is 0 Å². The Morgan fingerprint density at radius 2 is 1.96 bits per heavy atom. The SMILES string of the molecule is COCCOCCCC(=O)N(Cc1ccco1)c1ccc(F)cc1. The van der Waals surface area contributed by atoms with Crippen LogP contribution in [0, 0.1) is 5.82 Å². The number of carbonyl (C=O) groups excluding carboxylic acids is 1. The first-order valence-corrected chi connectivity index (χ1v) is 7.85. The van der Waals surface area contributed by atoms with Crippen molar-refractivity contribution >= 4 is 11.6 Å². The van der Waals surface area contributed by atoms with E-state index in [1.165, 1.54) is 12.1 Å². The largest absolute Gasteiger partial charge is 0.467 e. The smallest absolute Gasteiger partial charge is 0.227 e. The zero-order valence-corrected chi connectivity index (χ0v) is 13.7. The summed E-state index contributed by atoms with van der Waals surface area (Å²) in [7, 11) is 1.61. The van der Waals surface area contributed by atoms with Crippen LogP contribution in [0.4, 0.5) is 10.1 Å². The number of rotatable bonds is 10. The molecule has 1 aromatic carbocycles. The Kier molecular flexibility index (Phi) is 7.45. The molecular weight excluding hydrogens is 313 g/mol. The molecule has 0 radical (unpaired) electrons. The number of benzene rings is 1. The molecule has 2 rings (SSSR count). The molecule has 0 bridgehead atoms. The summed E-state index contributed by atoms with van der Waals surface area (Å²) in [4.78, 5) is 14.1. The van der Waals surface area contributed by atoms with Crippen molar-refractivity contribution < 1.29 is 23.1 Å². The van der Waals surface area contributed by atoms with Crippen LogP contribution in [0.2, 0.25) is 0 Å². The highest BCUT2D eigenvalue weighted by atomic mass is 19.1. The molecule has 0 spiro atoms. The third kappa shape index (κ3) is 5.79. The summed E-state index contributed by atoms with van der Waals surface area (Å²) in [5.74, 6) is 0.271. The van der Waals surface area contributed by atoms with E-state index in [-0.39, 0.29) is 11.7 Å². The van der Waals surface area contributed by atoms with Crippen molar-refractivity contribution in [2.45, 2.75) is 19.4 Å². The van der Waals surface area contributed by atoms with Gasteiger partial charge in [-0.2, -0.15) is 0 Å². The molecule has 5 nitrogen and oxygen atoms in total. The summed E-state index contributed by atoms with van der Waals surface area (Å²) in [6.45, 7) is 1.85. The molecular formula is C18H22FNO4. The second-order valence-corrected chi connectivity index (χ2v) is 5.24. The number of furan rings is 1. The Labute approximate surface area is 141 Å². The molecule has 0 atom stereocenters. The first-order valence-electron chi connectivity index (χ1n) is 7.85. The zero-order chi connectivity index (χ0) is 17.2. The molecule has 1 aromatic heterocycles. The van der Waals surface area contributed by atoms with Crippen molar-refractivity contribution in [3.8, 4) is 0 Å². The molecule has 1 heterocycles. The number of halogens is 1. The summed E-state index contributed by atoms with van der Waals surface area (Å²) in [6, 6.07) is 9.43. The van der Waals surface area contributed by atoms with Crippen molar-refractivity contribution in [1.82, 2.24) is 0 Å². The minimum atomic E-state index is -0.337. The van der Waals surface area contributed by atoms with Gasteiger partial charge in [-0.1, -0.05) is 0 Å². The second-order valence-electron chi connectivity index (χ2n) is 5.24. The van der Waals surface area contributed by atoms with Crippen LogP contribution in [0.15, 0.2) is 47.1 Å². The molecule has 0 saturated heterocycles. The highest BCUT2D eigenvalue weighted by molar-refractivity contribution is 5.93. The monoisotopic (exact) mass is 335 g/mol. The van der Waals surface area contributed by atoms with Gasteiger partial charge in [0.15, 0.2) is 0 Å². The molecule has 0 aliphatic carbocycles. The third-order valence-corrected chi connectivity index (χ3v) is 3.44. The van der Waals surface area contributed by atoms with Crippen molar-refractivity contribution in [3.63, 3.8) is 0 Å². The van der Waals surface area contributed by atoms with Gasteiger partial charge in [0.05, 0.1) is 26.0 Å². The lowest BCUT2D eigenvalue weighted by Gasteiger charge is -2.22. The van der Waals surface area contributed by atoms with Crippen molar-refractivity contribution in [2.75, 3.05) is 31.8 Å². The van der Waals surface area contributed by atoms with Gasteiger partial charge in [-0.25, -0.2) is 4.39 Å². The Hall–Kier alpha value is -2.18. The van der Waals surface area contributed by atoms with Gasteiger partial charge in [0.1, 0.15) is 11.6 Å². The minimum absolute atomic E-state index is 0.0617. The highest BCUT2D eigenvalue weighted by Gasteiger charge is 2.17. The lowest BCUT2D eigenvalue weighted by molar-refractivity contribution is -0.119. The van der Waals surface area contributed by atoms with Gasteiger partial charge in [-0.05, 0) is 42.8 Å². The minimum Gasteiger partial charge on any atom is -0.467 e. The molecule has 0 fully saturated rings. The van der Waals surface area contributed by atoms with Crippen LogP contribution >= 0.6 is 0 Å². The van der Waals surface area contributed by atoms with Crippen LogP contribution < -0.4 is 4.90 Å². The lowest BCUT2D eigenvalue weighted by atomic mass is 10.2. The highest BCUT2D eigenvalue weighted by Crippen LogP contribution is 2.19. The van der Waals surface area contributed by atoms with Gasteiger partial charge < -0.3 is 18.8 Å². The molecule has 0 aliphatic heterocycles. The van der Waals surface area contributed by atoms with Gasteiger partial charge in [-0.3, -0.25) is 4.79 Å². The summed E-state index contributed by atoms with van der Waals surface area (Å²) in [5, 5.41) is 0. The molecule has 0 saturated carbocycles. The third-order valence-electron chi connectivity index (χ3n) is 3.44. The fourth-order valence-electron chi connectivity index (χ4n) is 2.21. The number of anilines is 1. The number of amides is 1. The second kappa shape index (κ2) is 9.85. The lowest BCUT2D eigenvalue weighted by Crippen LogP contribution is -2.30. The number of hydrogen-bond acceptors (Lipinski definition) is 4. The number of nitrogens with zero attached hydrogens (tertiary/aromatic N) is 1. The van der Waals surface area contributed by atoms with E-state index in [9.17, 15) is 9.18 Å². The predicted octanol–water partition coefficient (Wildman–Crippen LogP) is 3.40. The summed E-state index contributed by atoms with van der Waals surface area (Å²) in [6.07, 6.45) is 2.51. The van der Waals surface area contributed by atoms with E-state index < -0.39 is 0 Å². The molecule has 0 N–H and O–H groups in total. The van der Waals surface area contributed by atoms with Crippen LogP contribution in [0.25, 0.3) is 0 Å². The Bertz CT molecular complexity index is 598. The maximum atomic E-state index is 13.1. The normalized spacial score (nSPS) is 10.8. The first-order chi connectivity index (χ1) is 11.7. The van der Waals surface area contributed by atoms with Crippen LogP contribution in [0.5, 0.6) is 0 Å². The fraction of sp³-hybridized carbons (Fsp3) is 0.389. The number of carbonyl (C=O) groups is 1. The van der Waals surface area contributed by atoms with E-state index in [0.29, 0.717) is 50.7 Å². The summed E-state index contributed by atoms with van der Waals surface area (Å²) < 4.78 is 28.7.